The third kappa shape index (κ3) is 4.07. The van der Waals surface area contributed by atoms with Gasteiger partial charge in [-0.1, -0.05) is 12.2 Å². The zero-order valence-corrected chi connectivity index (χ0v) is 12.2. The monoisotopic (exact) mass is 298 g/mol. The number of sulfonamides is 1. The Balaban J connectivity index is 3.08. The Kier molecular flexibility index (Phi) is 5.72. The minimum Gasteiger partial charge on any atom is -0.465 e. The lowest BCUT2D eigenvalue weighted by Crippen LogP contribution is -2.26. The van der Waals surface area contributed by atoms with Crippen molar-refractivity contribution in [1.29, 1.82) is 0 Å². The molecule has 0 aromatic heterocycles. The molecule has 1 rings (SSSR count). The van der Waals surface area contributed by atoms with Crippen LogP contribution in [0.1, 0.15) is 23.7 Å². The molecule has 0 aliphatic rings. The molecule has 0 unspecified atom stereocenters. The molecule has 1 aromatic carbocycles. The van der Waals surface area contributed by atoms with E-state index in [0.717, 1.165) is 0 Å². The number of nitrogen functional groups attached to an aromatic ring is 1. The van der Waals surface area contributed by atoms with E-state index in [0.29, 0.717) is 12.1 Å². The lowest BCUT2D eigenvalue weighted by molar-refractivity contribution is 0.0596. The maximum atomic E-state index is 12.2. The van der Waals surface area contributed by atoms with Crippen molar-refractivity contribution in [1.82, 2.24) is 4.72 Å². The summed E-state index contributed by atoms with van der Waals surface area (Å²) >= 11 is 0. The van der Waals surface area contributed by atoms with Crippen LogP contribution in [0.2, 0.25) is 0 Å². The zero-order chi connectivity index (χ0) is 15.2. The molecular weight excluding hydrogens is 280 g/mol. The summed E-state index contributed by atoms with van der Waals surface area (Å²) in [5, 5.41) is 0. The van der Waals surface area contributed by atoms with Crippen molar-refractivity contribution in [2.75, 3.05) is 19.4 Å². The summed E-state index contributed by atoms with van der Waals surface area (Å²) < 4.78 is 31.3. The third-order valence-corrected chi connectivity index (χ3v) is 4.06. The van der Waals surface area contributed by atoms with E-state index in [9.17, 15) is 13.2 Å². The van der Waals surface area contributed by atoms with Gasteiger partial charge >= 0.3 is 5.97 Å². The normalized spacial score (nSPS) is 11.7. The number of hydrogen-bond acceptors (Lipinski definition) is 5. The van der Waals surface area contributed by atoms with Crippen molar-refractivity contribution in [3.63, 3.8) is 0 Å². The van der Waals surface area contributed by atoms with Gasteiger partial charge < -0.3 is 10.5 Å². The second-order valence-electron chi connectivity index (χ2n) is 4.00. The molecule has 0 amide bonds. The number of methoxy groups -OCH3 is 1. The van der Waals surface area contributed by atoms with Crippen LogP contribution in [0.4, 0.5) is 5.69 Å². The van der Waals surface area contributed by atoms with Crippen molar-refractivity contribution in [3.05, 3.63) is 35.9 Å². The second kappa shape index (κ2) is 7.06. The molecule has 20 heavy (non-hydrogen) atoms. The van der Waals surface area contributed by atoms with Crippen LogP contribution in [0.3, 0.4) is 0 Å². The quantitative estimate of drug-likeness (QED) is 0.357. The highest BCUT2D eigenvalue weighted by molar-refractivity contribution is 7.89. The summed E-state index contributed by atoms with van der Waals surface area (Å²) in [6.07, 6.45) is 4.24. The van der Waals surface area contributed by atoms with Crippen LogP contribution in [0.15, 0.2) is 35.2 Å². The number of anilines is 1. The van der Waals surface area contributed by atoms with E-state index >= 15 is 0 Å². The number of benzene rings is 1. The number of allylic oxidation sites excluding steroid dienone is 1. The van der Waals surface area contributed by atoms with Crippen LogP contribution < -0.4 is 10.5 Å². The molecule has 7 heteroatoms. The van der Waals surface area contributed by atoms with Crippen molar-refractivity contribution < 1.29 is 17.9 Å². The number of nitrogens with two attached hydrogens (primary N) is 1. The van der Waals surface area contributed by atoms with Crippen LogP contribution in [0.5, 0.6) is 0 Å². The predicted octanol–water partition coefficient (Wildman–Crippen LogP) is 1.30. The largest absolute Gasteiger partial charge is 0.465 e. The Hall–Kier alpha value is -1.86. The first kappa shape index (κ1) is 16.2. The van der Waals surface area contributed by atoms with Crippen LogP contribution in [-0.2, 0) is 14.8 Å². The Morgan fingerprint density at radius 1 is 1.45 bits per heavy atom. The fourth-order valence-corrected chi connectivity index (χ4v) is 2.79. The summed E-state index contributed by atoms with van der Waals surface area (Å²) in [6, 6.07) is 4.00. The van der Waals surface area contributed by atoms with Crippen LogP contribution >= 0.6 is 0 Å². The minimum absolute atomic E-state index is 0.0777. The summed E-state index contributed by atoms with van der Waals surface area (Å²) in [4.78, 5) is 11.5. The van der Waals surface area contributed by atoms with Gasteiger partial charge in [0.25, 0.3) is 0 Å². The molecule has 0 heterocycles. The second-order valence-corrected chi connectivity index (χ2v) is 5.74. The molecule has 0 saturated carbocycles. The summed E-state index contributed by atoms with van der Waals surface area (Å²) in [6.45, 7) is 2.10. The molecule has 0 spiro atoms. The SMILES string of the molecule is C/C=C/CCNS(=O)(=O)c1ccc(N)cc1C(=O)OC. The molecule has 1 aromatic rings. The maximum absolute atomic E-state index is 12.2. The van der Waals surface area contributed by atoms with Crippen molar-refractivity contribution in [2.24, 2.45) is 0 Å². The highest BCUT2D eigenvalue weighted by Crippen LogP contribution is 2.19. The minimum atomic E-state index is -3.78. The van der Waals surface area contributed by atoms with Gasteiger partial charge in [0.15, 0.2) is 0 Å². The number of esters is 1. The Morgan fingerprint density at radius 3 is 2.75 bits per heavy atom. The number of rotatable bonds is 6. The van der Waals surface area contributed by atoms with E-state index in [1.807, 2.05) is 19.1 Å². The number of ether oxygens (including phenoxy) is 1. The summed E-state index contributed by atoms with van der Waals surface area (Å²) in [5.74, 6) is -0.744. The van der Waals surface area contributed by atoms with Crippen LogP contribution in [-0.4, -0.2) is 28.0 Å². The number of carbonyl (C=O) groups excluding carboxylic acids is 1. The van der Waals surface area contributed by atoms with Gasteiger partial charge in [-0.25, -0.2) is 17.9 Å². The molecule has 3 N–H and O–H groups in total. The van der Waals surface area contributed by atoms with E-state index < -0.39 is 16.0 Å². The maximum Gasteiger partial charge on any atom is 0.339 e. The first-order valence-corrected chi connectivity index (χ1v) is 7.49. The number of nitrogens with one attached hydrogen (secondary N) is 1. The van der Waals surface area contributed by atoms with Gasteiger partial charge in [0.1, 0.15) is 0 Å². The highest BCUT2D eigenvalue weighted by atomic mass is 32.2. The van der Waals surface area contributed by atoms with E-state index in [1.165, 1.54) is 25.3 Å². The third-order valence-electron chi connectivity index (χ3n) is 2.54. The summed E-state index contributed by atoms with van der Waals surface area (Å²) in [7, 11) is -2.60. The molecule has 0 bridgehead atoms. The van der Waals surface area contributed by atoms with Crippen molar-refractivity contribution in [2.45, 2.75) is 18.2 Å². The first-order chi connectivity index (χ1) is 9.42. The Bertz CT molecular complexity index is 609. The number of carbonyl (C=O) groups is 1. The number of hydrogen-bond donors (Lipinski definition) is 2. The first-order valence-electron chi connectivity index (χ1n) is 6.01. The van der Waals surface area contributed by atoms with E-state index in [1.54, 1.807) is 0 Å². The molecular formula is C13H18N2O4S. The Labute approximate surface area is 118 Å². The smallest absolute Gasteiger partial charge is 0.339 e. The molecule has 110 valence electrons. The molecule has 0 saturated heterocycles. The topological polar surface area (TPSA) is 98.5 Å². The molecule has 0 atom stereocenters. The zero-order valence-electron chi connectivity index (χ0n) is 11.4. The Morgan fingerprint density at radius 2 is 2.15 bits per heavy atom. The van der Waals surface area contributed by atoms with Gasteiger partial charge in [0.05, 0.1) is 17.6 Å². The van der Waals surface area contributed by atoms with Gasteiger partial charge in [0.2, 0.25) is 10.0 Å². The fraction of sp³-hybridized carbons (Fsp3) is 0.308. The lowest BCUT2D eigenvalue weighted by atomic mass is 10.2. The summed E-state index contributed by atoms with van der Waals surface area (Å²) in [5.41, 5.74) is 5.78. The van der Waals surface area contributed by atoms with E-state index in [2.05, 4.69) is 9.46 Å². The van der Waals surface area contributed by atoms with Gasteiger partial charge in [-0.2, -0.15) is 0 Å². The fourth-order valence-electron chi connectivity index (χ4n) is 1.57. The van der Waals surface area contributed by atoms with Crippen LogP contribution in [0.25, 0.3) is 0 Å². The molecule has 6 nitrogen and oxygen atoms in total. The van der Waals surface area contributed by atoms with Gasteiger partial charge in [-0.3, -0.25) is 0 Å². The van der Waals surface area contributed by atoms with E-state index in [-0.39, 0.29) is 17.0 Å². The molecule has 0 aliphatic heterocycles. The average Bonchev–Trinajstić information content (AvgIpc) is 2.42. The van der Waals surface area contributed by atoms with Crippen molar-refractivity contribution in [3.8, 4) is 0 Å². The van der Waals surface area contributed by atoms with E-state index in [4.69, 9.17) is 5.73 Å². The van der Waals surface area contributed by atoms with Gasteiger partial charge in [-0.05, 0) is 31.5 Å². The predicted molar refractivity (Wildman–Crippen MR) is 76.8 cm³/mol. The molecule has 0 fully saturated rings. The molecule has 0 radical (unpaired) electrons. The van der Waals surface area contributed by atoms with Crippen molar-refractivity contribution >= 4 is 21.7 Å². The van der Waals surface area contributed by atoms with Gasteiger partial charge in [0, 0.05) is 12.2 Å². The van der Waals surface area contributed by atoms with Crippen LogP contribution in [0, 0.1) is 0 Å². The average molecular weight is 298 g/mol. The molecule has 0 aliphatic carbocycles. The van der Waals surface area contributed by atoms with Gasteiger partial charge in [-0.15, -0.1) is 0 Å². The lowest BCUT2D eigenvalue weighted by Gasteiger charge is -2.10. The highest BCUT2D eigenvalue weighted by Gasteiger charge is 2.22. The standard InChI is InChI=1S/C13H18N2O4S/c1-3-4-5-8-15-20(17,18)12-7-6-10(14)9-11(12)13(16)19-2/h3-4,6-7,9,15H,5,8,14H2,1-2H3/b4-3+.